The lowest BCUT2D eigenvalue weighted by Gasteiger charge is -2.15. The van der Waals surface area contributed by atoms with Crippen molar-refractivity contribution in [3.8, 4) is 5.75 Å². The monoisotopic (exact) mass is 429 g/mol. The number of thioether (sulfide) groups is 1. The zero-order valence-electron chi connectivity index (χ0n) is 17.6. The summed E-state index contributed by atoms with van der Waals surface area (Å²) in [6.07, 6.45) is 2.26. The van der Waals surface area contributed by atoms with E-state index in [1.807, 2.05) is 51.1 Å². The van der Waals surface area contributed by atoms with Gasteiger partial charge < -0.3 is 13.9 Å². The van der Waals surface area contributed by atoms with Gasteiger partial charge in [-0.2, -0.15) is 0 Å². The molecule has 30 heavy (non-hydrogen) atoms. The zero-order valence-corrected chi connectivity index (χ0v) is 18.4. The number of carbonyl (C=O) groups is 2. The lowest BCUT2D eigenvalue weighted by Crippen LogP contribution is -2.33. The maximum absolute atomic E-state index is 13.2. The van der Waals surface area contributed by atoms with Crippen molar-refractivity contribution in [3.05, 3.63) is 58.9 Å². The van der Waals surface area contributed by atoms with Gasteiger partial charge in [0.1, 0.15) is 11.5 Å². The number of benzene rings is 1. The average Bonchev–Trinajstić information content (AvgIpc) is 3.31. The molecular formula is C23H27NO5S. The van der Waals surface area contributed by atoms with Crippen LogP contribution >= 0.6 is 11.8 Å². The normalized spacial score (nSPS) is 14.3. The maximum Gasteiger partial charge on any atom is 0.267 e. The lowest BCUT2D eigenvalue weighted by atomic mass is 10.1. The van der Waals surface area contributed by atoms with Crippen molar-refractivity contribution in [1.29, 1.82) is 0 Å². The molecule has 0 N–H and O–H groups in total. The van der Waals surface area contributed by atoms with Gasteiger partial charge in [0.25, 0.3) is 11.8 Å². The average molecular weight is 430 g/mol. The smallest absolute Gasteiger partial charge is 0.267 e. The largest absolute Gasteiger partial charge is 0.491 e. The van der Waals surface area contributed by atoms with E-state index in [0.29, 0.717) is 48.0 Å². The number of imide groups is 1. The van der Waals surface area contributed by atoms with Gasteiger partial charge in [-0.05, 0) is 57.0 Å². The Balaban J connectivity index is 1.84. The van der Waals surface area contributed by atoms with Gasteiger partial charge in [0, 0.05) is 19.8 Å². The van der Waals surface area contributed by atoms with Crippen molar-refractivity contribution < 1.29 is 23.5 Å². The van der Waals surface area contributed by atoms with Crippen molar-refractivity contribution >= 4 is 29.1 Å². The molecule has 1 aliphatic heterocycles. The van der Waals surface area contributed by atoms with Crippen molar-refractivity contribution in [2.24, 2.45) is 0 Å². The number of hydrogen-bond acceptors (Lipinski definition) is 6. The Morgan fingerprint density at radius 2 is 1.87 bits per heavy atom. The zero-order chi connectivity index (χ0) is 21.5. The molecule has 7 heteroatoms. The molecule has 0 fully saturated rings. The molecule has 0 saturated heterocycles. The Bertz CT molecular complexity index is 887. The highest BCUT2D eigenvalue weighted by molar-refractivity contribution is 8.03. The van der Waals surface area contributed by atoms with E-state index in [9.17, 15) is 9.59 Å². The minimum absolute atomic E-state index is 0.0602. The predicted molar refractivity (Wildman–Crippen MR) is 117 cm³/mol. The van der Waals surface area contributed by atoms with E-state index >= 15 is 0 Å². The molecule has 0 spiro atoms. The molecule has 0 bridgehead atoms. The summed E-state index contributed by atoms with van der Waals surface area (Å²) in [4.78, 5) is 28.0. The molecule has 160 valence electrons. The van der Waals surface area contributed by atoms with E-state index < -0.39 is 0 Å². The summed E-state index contributed by atoms with van der Waals surface area (Å²) < 4.78 is 16.4. The molecule has 0 unspecified atom stereocenters. The second-order valence-corrected chi connectivity index (χ2v) is 8.06. The fourth-order valence-electron chi connectivity index (χ4n) is 3.12. The Labute approximate surface area is 181 Å². The number of hydrogen-bond donors (Lipinski definition) is 0. The van der Waals surface area contributed by atoms with Crippen LogP contribution in [0.3, 0.4) is 0 Å². The van der Waals surface area contributed by atoms with Crippen LogP contribution in [0.2, 0.25) is 0 Å². The highest BCUT2D eigenvalue weighted by Gasteiger charge is 2.38. The predicted octanol–water partition coefficient (Wildman–Crippen LogP) is 4.51. The molecule has 3 rings (SSSR count). The van der Waals surface area contributed by atoms with E-state index in [2.05, 4.69) is 0 Å². The molecule has 2 amide bonds. The van der Waals surface area contributed by atoms with Gasteiger partial charge in [0.05, 0.1) is 28.6 Å². The summed E-state index contributed by atoms with van der Waals surface area (Å²) in [6.45, 7) is 7.29. The fraction of sp³-hybridized carbons (Fsp3) is 0.391. The van der Waals surface area contributed by atoms with Gasteiger partial charge in [0.15, 0.2) is 0 Å². The lowest BCUT2D eigenvalue weighted by molar-refractivity contribution is -0.136. The number of nitrogens with zero attached hydrogens (tertiary/aromatic N) is 1. The molecule has 1 aliphatic rings. The van der Waals surface area contributed by atoms with Crippen LogP contribution in [0.15, 0.2) is 52.0 Å². The fourth-order valence-corrected chi connectivity index (χ4v) is 4.16. The van der Waals surface area contributed by atoms with Crippen molar-refractivity contribution in [3.63, 3.8) is 0 Å². The molecule has 0 atom stereocenters. The Hall–Kier alpha value is -2.51. The molecule has 2 aromatic rings. The highest BCUT2D eigenvalue weighted by Crippen LogP contribution is 2.38. The maximum atomic E-state index is 13.2. The SMILES string of the molecule is CCOCCCN1C(=O)C(SCc2ccco2)=C(c2ccc(OC(C)C)cc2)C1=O. The Morgan fingerprint density at radius 3 is 2.50 bits per heavy atom. The summed E-state index contributed by atoms with van der Waals surface area (Å²) in [7, 11) is 0. The van der Waals surface area contributed by atoms with E-state index in [1.165, 1.54) is 16.7 Å². The first-order valence-electron chi connectivity index (χ1n) is 10.1. The van der Waals surface area contributed by atoms with Gasteiger partial charge in [-0.15, -0.1) is 11.8 Å². The second-order valence-electron chi connectivity index (χ2n) is 7.08. The molecule has 1 aromatic heterocycles. The first-order valence-corrected chi connectivity index (χ1v) is 11.1. The van der Waals surface area contributed by atoms with Crippen molar-refractivity contribution in [1.82, 2.24) is 4.90 Å². The van der Waals surface area contributed by atoms with Gasteiger partial charge >= 0.3 is 0 Å². The van der Waals surface area contributed by atoms with Crippen molar-refractivity contribution in [2.45, 2.75) is 39.0 Å². The second kappa shape index (κ2) is 10.5. The highest BCUT2D eigenvalue weighted by atomic mass is 32.2. The summed E-state index contributed by atoms with van der Waals surface area (Å²) in [5.41, 5.74) is 1.14. The van der Waals surface area contributed by atoms with Gasteiger partial charge in [0.2, 0.25) is 0 Å². The number of carbonyl (C=O) groups excluding carboxylic acids is 2. The minimum atomic E-state index is -0.268. The molecule has 1 aromatic carbocycles. The molecule has 6 nitrogen and oxygen atoms in total. The van der Waals surface area contributed by atoms with E-state index in [0.717, 1.165) is 11.5 Å². The summed E-state index contributed by atoms with van der Waals surface area (Å²) in [5.74, 6) is 1.43. The van der Waals surface area contributed by atoms with Gasteiger partial charge in [-0.1, -0.05) is 12.1 Å². The van der Waals surface area contributed by atoms with E-state index in [1.54, 1.807) is 12.3 Å². The van der Waals surface area contributed by atoms with Crippen LogP contribution in [-0.4, -0.2) is 42.6 Å². The first-order chi connectivity index (χ1) is 14.5. The molecule has 0 aliphatic carbocycles. The molecule has 2 heterocycles. The number of rotatable bonds is 11. The van der Waals surface area contributed by atoms with Crippen LogP contribution < -0.4 is 4.74 Å². The van der Waals surface area contributed by atoms with Gasteiger partial charge in [-0.25, -0.2) is 0 Å². The summed E-state index contributed by atoms with van der Waals surface area (Å²) >= 11 is 1.33. The topological polar surface area (TPSA) is 69.0 Å². The van der Waals surface area contributed by atoms with Crippen molar-refractivity contribution in [2.75, 3.05) is 19.8 Å². The van der Waals surface area contributed by atoms with E-state index in [4.69, 9.17) is 13.9 Å². The summed E-state index contributed by atoms with van der Waals surface area (Å²) in [5, 5.41) is 0. The summed E-state index contributed by atoms with van der Waals surface area (Å²) in [6, 6.07) is 11.0. The van der Waals surface area contributed by atoms with Crippen LogP contribution in [0.4, 0.5) is 0 Å². The van der Waals surface area contributed by atoms with Crippen LogP contribution in [0.25, 0.3) is 5.57 Å². The third-order valence-electron chi connectivity index (χ3n) is 4.45. The third-order valence-corrected chi connectivity index (χ3v) is 5.55. The Kier molecular flexibility index (Phi) is 7.76. The molecule has 0 saturated carbocycles. The van der Waals surface area contributed by atoms with Crippen LogP contribution in [-0.2, 0) is 20.1 Å². The standard InChI is InChI=1S/C23H27NO5S/c1-4-27-13-6-12-24-22(25)20(17-8-10-18(11-9-17)29-16(2)3)21(23(24)26)30-15-19-7-5-14-28-19/h5,7-11,14,16H,4,6,12-13,15H2,1-3H3. The van der Waals surface area contributed by atoms with Gasteiger partial charge in [-0.3, -0.25) is 14.5 Å². The third kappa shape index (κ3) is 5.34. The quantitative estimate of drug-likeness (QED) is 0.387. The van der Waals surface area contributed by atoms with E-state index in [-0.39, 0.29) is 17.9 Å². The Morgan fingerprint density at radius 1 is 1.10 bits per heavy atom. The number of amides is 2. The first kappa shape index (κ1) is 22.2. The number of ether oxygens (including phenoxy) is 2. The van der Waals surface area contributed by atoms with Crippen LogP contribution in [0, 0.1) is 0 Å². The molecule has 0 radical (unpaired) electrons. The van der Waals surface area contributed by atoms with Crippen LogP contribution in [0.5, 0.6) is 5.75 Å². The molecular weight excluding hydrogens is 402 g/mol. The minimum Gasteiger partial charge on any atom is -0.491 e. The number of furan rings is 1. The van der Waals surface area contributed by atoms with Crippen LogP contribution in [0.1, 0.15) is 38.5 Å².